The Hall–Kier alpha value is -1.48. The molecule has 3 nitrogen and oxygen atoms in total. The van der Waals surface area contributed by atoms with Crippen LogP contribution in [0.1, 0.15) is 32.0 Å². The van der Waals surface area contributed by atoms with Crippen LogP contribution in [0.15, 0.2) is 12.1 Å². The summed E-state index contributed by atoms with van der Waals surface area (Å²) in [5.74, 6) is 1.44. The highest BCUT2D eigenvalue weighted by Crippen LogP contribution is 2.37. The number of halogens is 1. The molecule has 0 amide bonds. The summed E-state index contributed by atoms with van der Waals surface area (Å²) in [6.45, 7) is 9.15. The Labute approximate surface area is 124 Å². The van der Waals surface area contributed by atoms with Gasteiger partial charge < -0.3 is 9.47 Å². The lowest BCUT2D eigenvalue weighted by Gasteiger charge is -2.14. The minimum absolute atomic E-state index is 0.586. The van der Waals surface area contributed by atoms with E-state index in [1.807, 2.05) is 32.9 Å². The number of ether oxygens (including phenoxy) is 2. The van der Waals surface area contributed by atoms with Crippen LogP contribution in [0.2, 0.25) is 5.02 Å². The molecule has 2 rings (SSSR count). The van der Waals surface area contributed by atoms with Crippen molar-refractivity contribution in [3.63, 3.8) is 0 Å². The summed E-state index contributed by atoms with van der Waals surface area (Å²) in [5.41, 5.74) is 2.90. The number of hydrogen-bond donors (Lipinski definition) is 0. The first-order chi connectivity index (χ1) is 9.62. The second kappa shape index (κ2) is 6.31. The second-order valence-corrected chi connectivity index (χ2v) is 4.90. The average molecular weight is 294 g/mol. The first-order valence-electron chi connectivity index (χ1n) is 7.00. The molecule has 2 aromatic rings. The summed E-state index contributed by atoms with van der Waals surface area (Å²) in [5, 5.41) is 1.68. The normalized spacial score (nSPS) is 10.8. The zero-order valence-electron chi connectivity index (χ0n) is 12.4. The highest BCUT2D eigenvalue weighted by molar-refractivity contribution is 6.36. The molecule has 1 aromatic carbocycles. The van der Waals surface area contributed by atoms with E-state index in [0.29, 0.717) is 19.0 Å². The summed E-state index contributed by atoms with van der Waals surface area (Å²) >= 11 is 6.51. The molecule has 0 saturated carbocycles. The van der Waals surface area contributed by atoms with Gasteiger partial charge in [0.15, 0.2) is 11.5 Å². The first-order valence-corrected chi connectivity index (χ1v) is 7.38. The standard InChI is InChI=1S/C16H20ClNO2/c1-5-11-10(4)18-13-9-15(20-7-3)14(19-6-2)8-12(13)16(11)17/h8-9H,5-7H2,1-4H3. The van der Waals surface area contributed by atoms with Gasteiger partial charge in [0.25, 0.3) is 0 Å². The van der Waals surface area contributed by atoms with Crippen molar-refractivity contribution in [2.45, 2.75) is 34.1 Å². The molecule has 0 unspecified atom stereocenters. The lowest BCUT2D eigenvalue weighted by atomic mass is 10.1. The number of benzene rings is 1. The Morgan fingerprint density at radius 1 is 1.05 bits per heavy atom. The molecule has 20 heavy (non-hydrogen) atoms. The minimum atomic E-state index is 0.586. The van der Waals surface area contributed by atoms with Crippen molar-refractivity contribution in [3.05, 3.63) is 28.4 Å². The molecular formula is C16H20ClNO2. The lowest BCUT2D eigenvalue weighted by molar-refractivity contribution is 0.288. The fourth-order valence-corrected chi connectivity index (χ4v) is 2.76. The predicted molar refractivity (Wildman–Crippen MR) is 83.2 cm³/mol. The summed E-state index contributed by atoms with van der Waals surface area (Å²) in [7, 11) is 0. The summed E-state index contributed by atoms with van der Waals surface area (Å²) in [6.07, 6.45) is 0.866. The molecule has 0 bridgehead atoms. The number of rotatable bonds is 5. The van der Waals surface area contributed by atoms with Crippen LogP contribution in [0.3, 0.4) is 0 Å². The number of aromatic nitrogens is 1. The largest absolute Gasteiger partial charge is 0.490 e. The zero-order valence-corrected chi connectivity index (χ0v) is 13.2. The quantitative estimate of drug-likeness (QED) is 0.810. The van der Waals surface area contributed by atoms with Gasteiger partial charge in [0.2, 0.25) is 0 Å². The molecule has 0 atom stereocenters. The molecule has 1 aromatic heterocycles. The van der Waals surface area contributed by atoms with E-state index < -0.39 is 0 Å². The highest BCUT2D eigenvalue weighted by Gasteiger charge is 2.14. The number of aryl methyl sites for hydroxylation is 1. The molecule has 0 spiro atoms. The van der Waals surface area contributed by atoms with Crippen molar-refractivity contribution < 1.29 is 9.47 Å². The third-order valence-electron chi connectivity index (χ3n) is 3.24. The van der Waals surface area contributed by atoms with Gasteiger partial charge in [0.1, 0.15) is 0 Å². The smallest absolute Gasteiger partial charge is 0.163 e. The molecule has 0 aliphatic heterocycles. The van der Waals surface area contributed by atoms with Crippen LogP contribution in [0, 0.1) is 6.92 Å². The van der Waals surface area contributed by atoms with Gasteiger partial charge in [-0.1, -0.05) is 18.5 Å². The fraction of sp³-hybridized carbons (Fsp3) is 0.438. The first kappa shape index (κ1) is 14.9. The van der Waals surface area contributed by atoms with Gasteiger partial charge in [-0.15, -0.1) is 0 Å². The topological polar surface area (TPSA) is 31.4 Å². The van der Waals surface area contributed by atoms with Crippen molar-refractivity contribution in [2.24, 2.45) is 0 Å². The predicted octanol–water partition coefficient (Wildman–Crippen LogP) is 4.56. The van der Waals surface area contributed by atoms with Gasteiger partial charge in [0.05, 0.1) is 23.8 Å². The van der Waals surface area contributed by atoms with E-state index in [9.17, 15) is 0 Å². The summed E-state index contributed by atoms with van der Waals surface area (Å²) in [4.78, 5) is 4.63. The van der Waals surface area contributed by atoms with E-state index in [2.05, 4.69) is 11.9 Å². The molecule has 0 saturated heterocycles. The Morgan fingerprint density at radius 2 is 1.65 bits per heavy atom. The minimum Gasteiger partial charge on any atom is -0.490 e. The Morgan fingerprint density at radius 3 is 2.20 bits per heavy atom. The number of hydrogen-bond acceptors (Lipinski definition) is 3. The molecular weight excluding hydrogens is 274 g/mol. The van der Waals surface area contributed by atoms with Crippen LogP contribution in [-0.2, 0) is 6.42 Å². The maximum atomic E-state index is 6.51. The van der Waals surface area contributed by atoms with Gasteiger partial charge in [-0.05, 0) is 38.8 Å². The van der Waals surface area contributed by atoms with E-state index in [4.69, 9.17) is 21.1 Å². The average Bonchev–Trinajstić information content (AvgIpc) is 2.41. The molecule has 0 fully saturated rings. The number of pyridine rings is 1. The van der Waals surface area contributed by atoms with Crippen LogP contribution in [0.5, 0.6) is 11.5 Å². The van der Waals surface area contributed by atoms with Crippen LogP contribution >= 0.6 is 11.6 Å². The Balaban J connectivity index is 2.70. The van der Waals surface area contributed by atoms with E-state index in [0.717, 1.165) is 39.4 Å². The van der Waals surface area contributed by atoms with Crippen LogP contribution in [-0.4, -0.2) is 18.2 Å². The monoisotopic (exact) mass is 293 g/mol. The van der Waals surface area contributed by atoms with Crippen molar-refractivity contribution in [3.8, 4) is 11.5 Å². The highest BCUT2D eigenvalue weighted by atomic mass is 35.5. The molecule has 1 heterocycles. The summed E-state index contributed by atoms with van der Waals surface area (Å²) < 4.78 is 11.3. The van der Waals surface area contributed by atoms with Crippen molar-refractivity contribution in [1.82, 2.24) is 4.98 Å². The molecule has 0 N–H and O–H groups in total. The van der Waals surface area contributed by atoms with Crippen molar-refractivity contribution in [1.29, 1.82) is 0 Å². The Bertz CT molecular complexity index is 626. The van der Waals surface area contributed by atoms with Crippen LogP contribution in [0.25, 0.3) is 10.9 Å². The fourth-order valence-electron chi connectivity index (χ4n) is 2.33. The number of fused-ring (bicyclic) bond motifs is 1. The molecule has 0 aliphatic carbocycles. The lowest BCUT2D eigenvalue weighted by Crippen LogP contribution is -2.00. The third kappa shape index (κ3) is 2.68. The van der Waals surface area contributed by atoms with Gasteiger partial charge >= 0.3 is 0 Å². The van der Waals surface area contributed by atoms with Gasteiger partial charge in [0, 0.05) is 17.1 Å². The molecule has 4 heteroatoms. The Kier molecular flexibility index (Phi) is 4.71. The molecule has 108 valence electrons. The van der Waals surface area contributed by atoms with Crippen LogP contribution < -0.4 is 9.47 Å². The SMILES string of the molecule is CCOc1cc2nc(C)c(CC)c(Cl)c2cc1OCC. The maximum absolute atomic E-state index is 6.51. The third-order valence-corrected chi connectivity index (χ3v) is 3.67. The second-order valence-electron chi connectivity index (χ2n) is 4.53. The zero-order chi connectivity index (χ0) is 14.7. The summed E-state index contributed by atoms with van der Waals surface area (Å²) in [6, 6.07) is 3.83. The van der Waals surface area contributed by atoms with Crippen LogP contribution in [0.4, 0.5) is 0 Å². The van der Waals surface area contributed by atoms with E-state index in [1.165, 1.54) is 0 Å². The molecule has 0 aliphatic rings. The van der Waals surface area contributed by atoms with Gasteiger partial charge in [-0.2, -0.15) is 0 Å². The number of nitrogens with zero attached hydrogens (tertiary/aromatic N) is 1. The van der Waals surface area contributed by atoms with E-state index in [1.54, 1.807) is 0 Å². The van der Waals surface area contributed by atoms with Gasteiger partial charge in [-0.25, -0.2) is 0 Å². The van der Waals surface area contributed by atoms with E-state index in [-0.39, 0.29) is 0 Å². The maximum Gasteiger partial charge on any atom is 0.163 e. The molecule has 0 radical (unpaired) electrons. The van der Waals surface area contributed by atoms with Gasteiger partial charge in [-0.3, -0.25) is 4.98 Å². The van der Waals surface area contributed by atoms with Crippen molar-refractivity contribution in [2.75, 3.05) is 13.2 Å². The van der Waals surface area contributed by atoms with Crippen molar-refractivity contribution >= 4 is 22.5 Å². The van der Waals surface area contributed by atoms with E-state index >= 15 is 0 Å².